The molecule has 2 fully saturated rings. The van der Waals surface area contributed by atoms with Crippen LogP contribution in [0.4, 0.5) is 0 Å². The van der Waals surface area contributed by atoms with E-state index in [0.29, 0.717) is 11.3 Å². The third kappa shape index (κ3) is 2.65. The van der Waals surface area contributed by atoms with Gasteiger partial charge >= 0.3 is 0 Å². The van der Waals surface area contributed by atoms with E-state index in [0.717, 1.165) is 19.3 Å². The van der Waals surface area contributed by atoms with Crippen LogP contribution in [0.15, 0.2) is 6.07 Å². The Morgan fingerprint density at radius 3 is 2.44 bits per heavy atom. The first-order valence-corrected chi connectivity index (χ1v) is 9.88. The van der Waals surface area contributed by atoms with Crippen molar-refractivity contribution in [2.45, 2.75) is 78.1 Å². The second-order valence-corrected chi connectivity index (χ2v) is 10.3. The molecular formula is C22H30O5. The molecule has 0 spiro atoms. The van der Waals surface area contributed by atoms with Crippen molar-refractivity contribution in [3.63, 3.8) is 0 Å². The van der Waals surface area contributed by atoms with E-state index in [4.69, 9.17) is 9.47 Å². The van der Waals surface area contributed by atoms with Gasteiger partial charge in [-0.05, 0) is 32.1 Å². The first-order valence-electron chi connectivity index (χ1n) is 9.88. The minimum atomic E-state index is -0.824. The molecule has 5 nitrogen and oxygen atoms in total. The van der Waals surface area contributed by atoms with Gasteiger partial charge in [-0.3, -0.25) is 4.79 Å². The molecule has 0 amide bonds. The predicted molar refractivity (Wildman–Crippen MR) is 101 cm³/mol. The zero-order chi connectivity index (χ0) is 19.9. The highest BCUT2D eigenvalue weighted by Gasteiger charge is 2.65. The van der Waals surface area contributed by atoms with Gasteiger partial charge in [0.2, 0.25) is 5.79 Å². The maximum atomic E-state index is 12.9. The Morgan fingerprint density at radius 1 is 1.15 bits per heavy atom. The van der Waals surface area contributed by atoms with E-state index in [-0.39, 0.29) is 51.6 Å². The molecule has 3 aliphatic rings. The average molecular weight is 374 g/mol. The summed E-state index contributed by atoms with van der Waals surface area (Å²) in [5.41, 5.74) is 0.469. The normalized spacial score (nSPS) is 32.6. The molecule has 2 bridgehead atoms. The van der Waals surface area contributed by atoms with E-state index >= 15 is 0 Å². The Hall–Kier alpha value is -1.75. The number of benzene rings is 1. The van der Waals surface area contributed by atoms with Crippen LogP contribution in [-0.2, 0) is 4.74 Å². The molecule has 1 aliphatic carbocycles. The number of hydrogen-bond donors (Lipinski definition) is 2. The number of phenols is 2. The number of aromatic hydroxyl groups is 2. The molecule has 27 heavy (non-hydrogen) atoms. The van der Waals surface area contributed by atoms with Crippen molar-refractivity contribution in [2.24, 2.45) is 17.3 Å². The highest BCUT2D eigenvalue weighted by atomic mass is 16.7. The SMILES string of the molecule is CC(C)C(=O)c1c(O)cc(O)c2c1OC13CC(C)(C)CC2C1CC(C)(C)O3. The Balaban J connectivity index is 1.97. The molecule has 2 heterocycles. The van der Waals surface area contributed by atoms with Crippen LogP contribution in [0.25, 0.3) is 0 Å². The minimum absolute atomic E-state index is 0.00353. The molecule has 0 radical (unpaired) electrons. The second kappa shape index (κ2) is 5.40. The molecular weight excluding hydrogens is 344 g/mol. The number of rotatable bonds is 2. The van der Waals surface area contributed by atoms with Crippen LogP contribution >= 0.6 is 0 Å². The quantitative estimate of drug-likeness (QED) is 0.731. The van der Waals surface area contributed by atoms with E-state index in [1.807, 2.05) is 0 Å². The Morgan fingerprint density at radius 2 is 1.81 bits per heavy atom. The third-order valence-corrected chi connectivity index (χ3v) is 6.40. The van der Waals surface area contributed by atoms with Gasteiger partial charge in [-0.15, -0.1) is 0 Å². The summed E-state index contributed by atoms with van der Waals surface area (Å²) in [6.07, 6.45) is 2.43. The van der Waals surface area contributed by atoms with Crippen LogP contribution in [0.5, 0.6) is 17.2 Å². The predicted octanol–water partition coefficient (Wildman–Crippen LogP) is 4.74. The van der Waals surface area contributed by atoms with Crippen molar-refractivity contribution in [1.82, 2.24) is 0 Å². The topological polar surface area (TPSA) is 76.0 Å². The van der Waals surface area contributed by atoms with E-state index in [1.165, 1.54) is 6.07 Å². The zero-order valence-electron chi connectivity index (χ0n) is 17.0. The highest BCUT2D eigenvalue weighted by Crippen LogP contribution is 2.66. The smallest absolute Gasteiger partial charge is 0.215 e. The highest BCUT2D eigenvalue weighted by molar-refractivity contribution is 6.03. The molecule has 4 rings (SSSR count). The number of ketones is 1. The summed E-state index contributed by atoms with van der Waals surface area (Å²) in [7, 11) is 0. The second-order valence-electron chi connectivity index (χ2n) is 10.3. The lowest BCUT2D eigenvalue weighted by Gasteiger charge is -2.53. The fraction of sp³-hybridized carbons (Fsp3) is 0.682. The number of Topliss-reactive ketones (excluding diaryl/α,β-unsaturated/α-hetero) is 1. The van der Waals surface area contributed by atoms with Crippen LogP contribution in [-0.4, -0.2) is 27.4 Å². The molecule has 0 aromatic heterocycles. The standard InChI is InChI=1S/C22H30O5/c1-11(2)18(25)17-15(24)7-14(23)16-12-8-20(3,4)10-22(26-19(16)17)13(12)9-21(5,6)27-22/h7,11-13,23-24H,8-10H2,1-6H3. The Kier molecular flexibility index (Phi) is 3.72. The summed E-state index contributed by atoms with van der Waals surface area (Å²) in [6.45, 7) is 12.1. The molecule has 3 atom stereocenters. The third-order valence-electron chi connectivity index (χ3n) is 6.40. The van der Waals surface area contributed by atoms with Gasteiger partial charge in [0.25, 0.3) is 0 Å². The number of carbonyl (C=O) groups excluding carboxylic acids is 1. The lowest BCUT2D eigenvalue weighted by atomic mass is 9.60. The van der Waals surface area contributed by atoms with Gasteiger partial charge in [-0.2, -0.15) is 0 Å². The molecule has 1 aromatic rings. The van der Waals surface area contributed by atoms with Crippen molar-refractivity contribution in [3.05, 3.63) is 17.2 Å². The van der Waals surface area contributed by atoms with Crippen molar-refractivity contribution in [2.75, 3.05) is 0 Å². The fourth-order valence-electron chi connectivity index (χ4n) is 5.61. The van der Waals surface area contributed by atoms with Crippen LogP contribution in [0.1, 0.15) is 82.6 Å². The molecule has 1 saturated carbocycles. The summed E-state index contributed by atoms with van der Waals surface area (Å²) in [5.74, 6) is -1.06. The number of ether oxygens (including phenoxy) is 2. The molecule has 1 aromatic carbocycles. The molecule has 2 N–H and O–H groups in total. The number of carbonyl (C=O) groups is 1. The van der Waals surface area contributed by atoms with Crippen LogP contribution in [0.2, 0.25) is 0 Å². The molecule has 148 valence electrons. The van der Waals surface area contributed by atoms with Gasteiger partial charge < -0.3 is 19.7 Å². The average Bonchev–Trinajstić information content (AvgIpc) is 2.75. The first-order chi connectivity index (χ1) is 12.4. The summed E-state index contributed by atoms with van der Waals surface area (Å²) in [5, 5.41) is 21.2. The van der Waals surface area contributed by atoms with Gasteiger partial charge in [-0.1, -0.05) is 27.7 Å². The van der Waals surface area contributed by atoms with Gasteiger partial charge in [-0.25, -0.2) is 0 Å². The fourth-order valence-corrected chi connectivity index (χ4v) is 5.61. The lowest BCUT2D eigenvalue weighted by molar-refractivity contribution is -0.251. The Bertz CT molecular complexity index is 822. The van der Waals surface area contributed by atoms with E-state index < -0.39 is 5.79 Å². The molecule has 3 unspecified atom stereocenters. The largest absolute Gasteiger partial charge is 0.507 e. The van der Waals surface area contributed by atoms with Gasteiger partial charge in [0.15, 0.2) is 5.78 Å². The maximum Gasteiger partial charge on any atom is 0.215 e. The van der Waals surface area contributed by atoms with E-state index in [2.05, 4.69) is 27.7 Å². The zero-order valence-corrected chi connectivity index (χ0v) is 17.0. The number of hydrogen-bond acceptors (Lipinski definition) is 5. The maximum absolute atomic E-state index is 12.9. The lowest BCUT2D eigenvalue weighted by Crippen LogP contribution is -2.55. The van der Waals surface area contributed by atoms with Crippen molar-refractivity contribution >= 4 is 5.78 Å². The van der Waals surface area contributed by atoms with Crippen LogP contribution in [0.3, 0.4) is 0 Å². The summed E-state index contributed by atoms with van der Waals surface area (Å²) >= 11 is 0. The van der Waals surface area contributed by atoms with E-state index in [9.17, 15) is 15.0 Å². The first kappa shape index (κ1) is 18.6. The van der Waals surface area contributed by atoms with Crippen molar-refractivity contribution in [1.29, 1.82) is 0 Å². The van der Waals surface area contributed by atoms with Gasteiger partial charge in [0.1, 0.15) is 22.8 Å². The number of phenolic OH excluding ortho intramolecular Hbond substituents is 2. The monoisotopic (exact) mass is 374 g/mol. The summed E-state index contributed by atoms with van der Waals surface area (Å²) < 4.78 is 13.0. The molecule has 2 aliphatic heterocycles. The van der Waals surface area contributed by atoms with Crippen molar-refractivity contribution < 1.29 is 24.5 Å². The van der Waals surface area contributed by atoms with E-state index in [1.54, 1.807) is 13.8 Å². The number of fused-ring (bicyclic) bond motifs is 2. The van der Waals surface area contributed by atoms with Crippen LogP contribution < -0.4 is 4.74 Å². The van der Waals surface area contributed by atoms with Crippen molar-refractivity contribution in [3.8, 4) is 17.2 Å². The summed E-state index contributed by atoms with van der Waals surface area (Å²) in [6, 6.07) is 1.30. The molecule has 5 heteroatoms. The van der Waals surface area contributed by atoms with Crippen LogP contribution in [0, 0.1) is 17.3 Å². The Labute approximate surface area is 160 Å². The van der Waals surface area contributed by atoms with Gasteiger partial charge in [0.05, 0.1) is 5.60 Å². The summed E-state index contributed by atoms with van der Waals surface area (Å²) in [4.78, 5) is 12.9. The molecule has 1 saturated heterocycles. The van der Waals surface area contributed by atoms with Gasteiger partial charge in [0, 0.05) is 35.8 Å². The minimum Gasteiger partial charge on any atom is -0.507 e.